The summed E-state index contributed by atoms with van der Waals surface area (Å²) in [5.74, 6) is -1.48. The van der Waals surface area contributed by atoms with Crippen LogP contribution in [0.2, 0.25) is 0 Å². The van der Waals surface area contributed by atoms with Crippen LogP contribution in [0.25, 0.3) is 0 Å². The zero-order chi connectivity index (χ0) is 17.9. The predicted molar refractivity (Wildman–Crippen MR) is 91.5 cm³/mol. The van der Waals surface area contributed by atoms with Crippen LogP contribution in [0.3, 0.4) is 0 Å². The monoisotopic (exact) mass is 354 g/mol. The highest BCUT2D eigenvalue weighted by molar-refractivity contribution is 7.18. The number of hydrogen-bond acceptors (Lipinski definition) is 7. The third-order valence-electron chi connectivity index (χ3n) is 3.98. The number of rotatable bonds is 5. The second-order valence-electron chi connectivity index (χ2n) is 5.74. The van der Waals surface area contributed by atoms with Gasteiger partial charge in [-0.05, 0) is 19.5 Å². The number of piperazine rings is 1. The molecular weight excluding hydrogens is 332 g/mol. The summed E-state index contributed by atoms with van der Waals surface area (Å²) in [7, 11) is 3.29. The fourth-order valence-electron chi connectivity index (χ4n) is 2.56. The minimum absolute atomic E-state index is 0.183. The molecule has 0 spiro atoms. The molecule has 0 saturated carbocycles. The van der Waals surface area contributed by atoms with E-state index >= 15 is 0 Å². The summed E-state index contributed by atoms with van der Waals surface area (Å²) in [5.41, 5.74) is 5.93. The van der Waals surface area contributed by atoms with Gasteiger partial charge in [-0.3, -0.25) is 14.5 Å². The molecule has 0 atom stereocenters. The number of hydrogen-bond donors (Lipinski definition) is 2. The number of thiophene rings is 1. The van der Waals surface area contributed by atoms with Crippen LogP contribution in [-0.2, 0) is 9.53 Å². The van der Waals surface area contributed by atoms with Gasteiger partial charge in [0.05, 0.1) is 24.1 Å². The first-order valence-electron chi connectivity index (χ1n) is 7.55. The SMILES string of the molecule is COC(=O)c1c(NC(=O)CN2CCN(C)CC2)sc(C(N)=O)c1C. The molecule has 2 amide bonds. The predicted octanol–water partition coefficient (Wildman–Crippen LogP) is 0.128. The minimum atomic E-state index is -0.637. The van der Waals surface area contributed by atoms with Crippen molar-refractivity contribution in [3.8, 4) is 0 Å². The van der Waals surface area contributed by atoms with Crippen molar-refractivity contribution >= 4 is 34.1 Å². The Labute approximate surface area is 144 Å². The lowest BCUT2D eigenvalue weighted by atomic mass is 10.1. The Morgan fingerprint density at radius 3 is 2.42 bits per heavy atom. The molecule has 0 bridgehead atoms. The van der Waals surface area contributed by atoms with Gasteiger partial charge in [-0.2, -0.15) is 0 Å². The van der Waals surface area contributed by atoms with Gasteiger partial charge in [-0.25, -0.2) is 4.79 Å². The van der Waals surface area contributed by atoms with Crippen LogP contribution in [-0.4, -0.2) is 74.5 Å². The molecule has 9 heteroatoms. The lowest BCUT2D eigenvalue weighted by Gasteiger charge is -2.31. The van der Waals surface area contributed by atoms with Gasteiger partial charge < -0.3 is 20.7 Å². The zero-order valence-corrected chi connectivity index (χ0v) is 14.9. The molecular formula is C15H22N4O4S. The number of methoxy groups -OCH3 is 1. The summed E-state index contributed by atoms with van der Waals surface area (Å²) in [4.78, 5) is 40.2. The van der Waals surface area contributed by atoms with Crippen molar-refractivity contribution < 1.29 is 19.1 Å². The maximum atomic E-state index is 12.3. The summed E-state index contributed by atoms with van der Waals surface area (Å²) >= 11 is 0.995. The standard InChI is InChI=1S/C15H22N4O4S/c1-9-11(15(22)23-3)14(24-12(9)13(16)21)17-10(20)8-19-6-4-18(2)5-7-19/h4-8H2,1-3H3,(H2,16,21)(H,17,20). The van der Waals surface area contributed by atoms with Crippen LogP contribution in [0, 0.1) is 6.92 Å². The minimum Gasteiger partial charge on any atom is -0.465 e. The average molecular weight is 354 g/mol. The molecule has 1 aromatic heterocycles. The molecule has 1 aliphatic heterocycles. The largest absolute Gasteiger partial charge is 0.465 e. The number of nitrogens with two attached hydrogens (primary N) is 1. The Kier molecular flexibility index (Phi) is 5.92. The number of ether oxygens (including phenoxy) is 1. The number of carbonyl (C=O) groups excluding carboxylic acids is 3. The van der Waals surface area contributed by atoms with E-state index in [1.165, 1.54) is 7.11 Å². The second kappa shape index (κ2) is 7.73. The number of amides is 2. The molecule has 2 rings (SSSR count). The van der Waals surface area contributed by atoms with Gasteiger partial charge in [-0.15, -0.1) is 11.3 Å². The molecule has 1 aliphatic rings. The van der Waals surface area contributed by atoms with Crippen molar-refractivity contribution in [1.82, 2.24) is 9.80 Å². The summed E-state index contributed by atoms with van der Waals surface area (Å²) < 4.78 is 4.74. The molecule has 0 radical (unpaired) electrons. The summed E-state index contributed by atoms with van der Waals surface area (Å²) in [6, 6.07) is 0. The summed E-state index contributed by atoms with van der Waals surface area (Å²) in [6.45, 7) is 5.28. The number of anilines is 1. The Morgan fingerprint density at radius 1 is 1.25 bits per heavy atom. The molecule has 0 aromatic carbocycles. The topological polar surface area (TPSA) is 105 Å². The van der Waals surface area contributed by atoms with E-state index in [4.69, 9.17) is 10.5 Å². The van der Waals surface area contributed by atoms with Crippen LogP contribution in [0.5, 0.6) is 0 Å². The molecule has 1 aromatic rings. The fourth-order valence-corrected chi connectivity index (χ4v) is 3.62. The van der Waals surface area contributed by atoms with Gasteiger partial charge in [0.2, 0.25) is 5.91 Å². The molecule has 3 N–H and O–H groups in total. The fraction of sp³-hybridized carbons (Fsp3) is 0.533. The van der Waals surface area contributed by atoms with E-state index < -0.39 is 11.9 Å². The number of primary amides is 1. The first kappa shape index (κ1) is 18.4. The summed E-state index contributed by atoms with van der Waals surface area (Å²) in [6.07, 6.45) is 0. The summed E-state index contributed by atoms with van der Waals surface area (Å²) in [5, 5.41) is 3.01. The molecule has 0 aliphatic carbocycles. The number of nitrogens with one attached hydrogen (secondary N) is 1. The first-order valence-corrected chi connectivity index (χ1v) is 8.37. The lowest BCUT2D eigenvalue weighted by Crippen LogP contribution is -2.47. The quantitative estimate of drug-likeness (QED) is 0.728. The van der Waals surface area contributed by atoms with Gasteiger partial charge in [0.25, 0.3) is 5.91 Å². The van der Waals surface area contributed by atoms with Crippen LogP contribution in [0.1, 0.15) is 25.6 Å². The highest BCUT2D eigenvalue weighted by atomic mass is 32.1. The van der Waals surface area contributed by atoms with E-state index in [0.29, 0.717) is 10.6 Å². The van der Waals surface area contributed by atoms with Crippen LogP contribution in [0.15, 0.2) is 0 Å². The molecule has 1 saturated heterocycles. The average Bonchev–Trinajstić information content (AvgIpc) is 2.85. The molecule has 2 heterocycles. The van der Waals surface area contributed by atoms with Gasteiger partial charge in [0.15, 0.2) is 0 Å². The third-order valence-corrected chi connectivity index (χ3v) is 5.20. The van der Waals surface area contributed by atoms with E-state index in [0.717, 1.165) is 37.5 Å². The number of carbonyl (C=O) groups is 3. The van der Waals surface area contributed by atoms with Crippen molar-refractivity contribution in [2.45, 2.75) is 6.92 Å². The van der Waals surface area contributed by atoms with Crippen LogP contribution < -0.4 is 11.1 Å². The number of esters is 1. The first-order chi connectivity index (χ1) is 11.3. The van der Waals surface area contributed by atoms with Crippen molar-refractivity contribution in [3.63, 3.8) is 0 Å². The molecule has 0 unspecified atom stereocenters. The number of likely N-dealkylation sites (N-methyl/N-ethyl adjacent to an activating group) is 1. The normalized spacial score (nSPS) is 16.0. The maximum Gasteiger partial charge on any atom is 0.341 e. The highest BCUT2D eigenvalue weighted by Gasteiger charge is 2.26. The van der Waals surface area contributed by atoms with E-state index in [9.17, 15) is 14.4 Å². The Morgan fingerprint density at radius 2 is 1.88 bits per heavy atom. The van der Waals surface area contributed by atoms with Gasteiger partial charge in [-0.1, -0.05) is 0 Å². The van der Waals surface area contributed by atoms with E-state index in [1.54, 1.807) is 6.92 Å². The smallest absolute Gasteiger partial charge is 0.341 e. The van der Waals surface area contributed by atoms with Crippen LogP contribution >= 0.6 is 11.3 Å². The molecule has 132 valence electrons. The van der Waals surface area contributed by atoms with Gasteiger partial charge in [0.1, 0.15) is 5.00 Å². The van der Waals surface area contributed by atoms with Crippen molar-refractivity contribution in [1.29, 1.82) is 0 Å². The number of nitrogens with zero attached hydrogens (tertiary/aromatic N) is 2. The van der Waals surface area contributed by atoms with Gasteiger partial charge >= 0.3 is 5.97 Å². The zero-order valence-electron chi connectivity index (χ0n) is 14.0. The van der Waals surface area contributed by atoms with Crippen molar-refractivity contribution in [2.24, 2.45) is 5.73 Å². The van der Waals surface area contributed by atoms with E-state index in [2.05, 4.69) is 10.2 Å². The molecule has 8 nitrogen and oxygen atoms in total. The molecule has 24 heavy (non-hydrogen) atoms. The third kappa shape index (κ3) is 4.11. The maximum absolute atomic E-state index is 12.3. The second-order valence-corrected chi connectivity index (χ2v) is 6.76. The molecule has 1 fully saturated rings. The van der Waals surface area contributed by atoms with Crippen molar-refractivity contribution in [3.05, 3.63) is 16.0 Å². The van der Waals surface area contributed by atoms with Crippen LogP contribution in [0.4, 0.5) is 5.00 Å². The highest BCUT2D eigenvalue weighted by Crippen LogP contribution is 2.33. The Bertz CT molecular complexity index is 650. The lowest BCUT2D eigenvalue weighted by molar-refractivity contribution is -0.117. The van der Waals surface area contributed by atoms with Crippen molar-refractivity contribution in [2.75, 3.05) is 52.2 Å². The Hall–Kier alpha value is -1.97. The Balaban J connectivity index is 2.13. The van der Waals surface area contributed by atoms with E-state index in [1.807, 2.05) is 11.9 Å². The van der Waals surface area contributed by atoms with E-state index in [-0.39, 0.29) is 22.9 Å². The van der Waals surface area contributed by atoms with Gasteiger partial charge in [0, 0.05) is 26.2 Å².